The summed E-state index contributed by atoms with van der Waals surface area (Å²) in [5.74, 6) is 1.16. The second-order valence-electron chi connectivity index (χ2n) is 5.48. The van der Waals surface area contributed by atoms with Crippen molar-refractivity contribution in [3.63, 3.8) is 0 Å². The van der Waals surface area contributed by atoms with Gasteiger partial charge in [-0.1, -0.05) is 30.3 Å². The average Bonchev–Trinajstić information content (AvgIpc) is 2.90. The van der Waals surface area contributed by atoms with Crippen molar-refractivity contribution >= 4 is 12.4 Å². The van der Waals surface area contributed by atoms with Crippen LogP contribution in [0.2, 0.25) is 0 Å². The maximum Gasteiger partial charge on any atom is 0.123 e. The molecule has 114 valence electrons. The number of imidazole rings is 1. The Labute approximate surface area is 132 Å². The predicted molar refractivity (Wildman–Crippen MR) is 87.8 cm³/mol. The van der Waals surface area contributed by atoms with Crippen molar-refractivity contribution < 1.29 is 0 Å². The number of nitrogens with zero attached hydrogens (tertiary/aromatic N) is 3. The molecule has 0 spiro atoms. The van der Waals surface area contributed by atoms with Gasteiger partial charge in [0, 0.05) is 44.6 Å². The summed E-state index contributed by atoms with van der Waals surface area (Å²) in [6.45, 7) is 7.35. The van der Waals surface area contributed by atoms with Crippen LogP contribution in [0.25, 0.3) is 0 Å². The fourth-order valence-electron chi connectivity index (χ4n) is 2.72. The molecule has 1 aliphatic rings. The van der Waals surface area contributed by atoms with Gasteiger partial charge in [-0.25, -0.2) is 4.98 Å². The number of hydrogen-bond donors (Lipinski definition) is 1. The van der Waals surface area contributed by atoms with Gasteiger partial charge < -0.3 is 9.88 Å². The largest absolute Gasteiger partial charge is 0.329 e. The van der Waals surface area contributed by atoms with E-state index in [4.69, 9.17) is 0 Å². The minimum Gasteiger partial charge on any atom is -0.329 e. The Morgan fingerprint density at radius 2 is 2.05 bits per heavy atom. The monoisotopic (exact) mass is 306 g/mol. The molecule has 0 unspecified atom stereocenters. The molecule has 2 heterocycles. The zero-order valence-corrected chi connectivity index (χ0v) is 13.2. The van der Waals surface area contributed by atoms with Crippen LogP contribution in [0.4, 0.5) is 0 Å². The van der Waals surface area contributed by atoms with Gasteiger partial charge in [0.05, 0.1) is 6.54 Å². The fraction of sp³-hybridized carbons (Fsp3) is 0.438. The highest BCUT2D eigenvalue weighted by Gasteiger charge is 2.19. The standard InChI is InChI=1S/C16H22N4.ClH/c1-14-11-17-7-9-19(14)13-16-18-8-10-20(16)12-15-5-3-2-4-6-15;/h2-6,8,10,14,17H,7,9,11-13H2,1H3;1H/t14-;/m1./s1. The molecule has 3 rings (SSSR count). The summed E-state index contributed by atoms with van der Waals surface area (Å²) in [6, 6.07) is 11.1. The first-order chi connectivity index (χ1) is 9.83. The van der Waals surface area contributed by atoms with Crippen LogP contribution in [0.3, 0.4) is 0 Å². The third kappa shape index (κ3) is 4.06. The first-order valence-electron chi connectivity index (χ1n) is 7.31. The molecule has 1 aliphatic heterocycles. The second kappa shape index (κ2) is 7.59. The summed E-state index contributed by atoms with van der Waals surface area (Å²) in [4.78, 5) is 7.04. The van der Waals surface area contributed by atoms with Crippen LogP contribution in [-0.2, 0) is 13.1 Å². The molecule has 0 bridgehead atoms. The van der Waals surface area contributed by atoms with E-state index in [9.17, 15) is 0 Å². The molecule has 0 amide bonds. The Balaban J connectivity index is 0.00000161. The Morgan fingerprint density at radius 1 is 1.24 bits per heavy atom. The maximum absolute atomic E-state index is 4.54. The third-order valence-electron chi connectivity index (χ3n) is 3.98. The third-order valence-corrected chi connectivity index (χ3v) is 3.98. The van der Waals surface area contributed by atoms with Gasteiger partial charge in [0.25, 0.3) is 0 Å². The van der Waals surface area contributed by atoms with Crippen molar-refractivity contribution in [1.82, 2.24) is 19.8 Å². The van der Waals surface area contributed by atoms with Crippen molar-refractivity contribution in [1.29, 1.82) is 0 Å². The highest BCUT2D eigenvalue weighted by molar-refractivity contribution is 5.85. The molecule has 1 N–H and O–H groups in total. The van der Waals surface area contributed by atoms with Crippen LogP contribution in [0.5, 0.6) is 0 Å². The number of aromatic nitrogens is 2. The van der Waals surface area contributed by atoms with E-state index in [-0.39, 0.29) is 12.4 Å². The minimum absolute atomic E-state index is 0. The Morgan fingerprint density at radius 3 is 2.81 bits per heavy atom. The van der Waals surface area contributed by atoms with Gasteiger partial charge in [-0.15, -0.1) is 12.4 Å². The molecule has 1 atom stereocenters. The van der Waals surface area contributed by atoms with Crippen molar-refractivity contribution in [2.45, 2.75) is 26.1 Å². The molecular formula is C16H23ClN4. The zero-order valence-electron chi connectivity index (χ0n) is 12.4. The van der Waals surface area contributed by atoms with E-state index < -0.39 is 0 Å². The van der Waals surface area contributed by atoms with E-state index >= 15 is 0 Å². The first kappa shape index (κ1) is 16.0. The number of rotatable bonds is 4. The molecule has 2 aromatic rings. The van der Waals surface area contributed by atoms with Gasteiger partial charge in [-0.05, 0) is 12.5 Å². The van der Waals surface area contributed by atoms with Crippen LogP contribution >= 0.6 is 12.4 Å². The summed E-state index contributed by atoms with van der Waals surface area (Å²) >= 11 is 0. The Bertz CT molecular complexity index is 540. The normalized spacial score (nSPS) is 19.2. The van der Waals surface area contributed by atoms with Gasteiger partial charge >= 0.3 is 0 Å². The highest BCUT2D eigenvalue weighted by atomic mass is 35.5. The quantitative estimate of drug-likeness (QED) is 0.939. The molecule has 4 nitrogen and oxygen atoms in total. The molecule has 1 saturated heterocycles. The summed E-state index contributed by atoms with van der Waals surface area (Å²) in [5.41, 5.74) is 1.32. The summed E-state index contributed by atoms with van der Waals surface area (Å²) in [5, 5.41) is 3.43. The number of piperazine rings is 1. The lowest BCUT2D eigenvalue weighted by Gasteiger charge is -2.33. The molecule has 5 heteroatoms. The number of nitrogens with one attached hydrogen (secondary N) is 1. The first-order valence-corrected chi connectivity index (χ1v) is 7.31. The number of benzene rings is 1. The molecule has 21 heavy (non-hydrogen) atoms. The lowest BCUT2D eigenvalue weighted by atomic mass is 10.2. The lowest BCUT2D eigenvalue weighted by Crippen LogP contribution is -2.49. The Hall–Kier alpha value is -1.36. The average molecular weight is 307 g/mol. The van der Waals surface area contributed by atoms with Crippen molar-refractivity contribution in [3.8, 4) is 0 Å². The SMILES string of the molecule is C[C@@H]1CNCCN1Cc1nccn1Cc1ccccc1.Cl. The number of hydrogen-bond acceptors (Lipinski definition) is 3. The minimum atomic E-state index is 0. The van der Waals surface area contributed by atoms with E-state index in [1.54, 1.807) is 0 Å². The van der Waals surface area contributed by atoms with E-state index in [0.717, 1.165) is 38.5 Å². The molecule has 1 aromatic heterocycles. The van der Waals surface area contributed by atoms with Crippen LogP contribution in [-0.4, -0.2) is 40.1 Å². The molecule has 1 aromatic carbocycles. The lowest BCUT2D eigenvalue weighted by molar-refractivity contribution is 0.160. The van der Waals surface area contributed by atoms with Crippen LogP contribution < -0.4 is 5.32 Å². The van der Waals surface area contributed by atoms with Crippen LogP contribution in [0, 0.1) is 0 Å². The van der Waals surface area contributed by atoms with Gasteiger partial charge in [-0.3, -0.25) is 4.90 Å². The van der Waals surface area contributed by atoms with Gasteiger partial charge in [0.15, 0.2) is 0 Å². The van der Waals surface area contributed by atoms with Crippen molar-refractivity contribution in [2.24, 2.45) is 0 Å². The molecule has 0 saturated carbocycles. The number of halogens is 1. The highest BCUT2D eigenvalue weighted by Crippen LogP contribution is 2.11. The Kier molecular flexibility index (Phi) is 5.79. The molecule has 1 fully saturated rings. The van der Waals surface area contributed by atoms with E-state index in [0.29, 0.717) is 6.04 Å². The van der Waals surface area contributed by atoms with Crippen LogP contribution in [0.15, 0.2) is 42.7 Å². The second-order valence-corrected chi connectivity index (χ2v) is 5.48. The summed E-state index contributed by atoms with van der Waals surface area (Å²) < 4.78 is 2.25. The maximum atomic E-state index is 4.54. The zero-order chi connectivity index (χ0) is 13.8. The molecule has 0 aliphatic carbocycles. The van der Waals surface area contributed by atoms with Gasteiger partial charge in [0.2, 0.25) is 0 Å². The smallest absolute Gasteiger partial charge is 0.123 e. The van der Waals surface area contributed by atoms with Gasteiger partial charge in [0.1, 0.15) is 5.82 Å². The molecular weight excluding hydrogens is 284 g/mol. The van der Waals surface area contributed by atoms with Gasteiger partial charge in [-0.2, -0.15) is 0 Å². The van der Waals surface area contributed by atoms with E-state index in [1.807, 2.05) is 6.20 Å². The summed E-state index contributed by atoms with van der Waals surface area (Å²) in [6.07, 6.45) is 3.99. The topological polar surface area (TPSA) is 33.1 Å². The van der Waals surface area contributed by atoms with E-state index in [2.05, 4.69) is 63.2 Å². The fourth-order valence-corrected chi connectivity index (χ4v) is 2.72. The van der Waals surface area contributed by atoms with Crippen LogP contribution in [0.1, 0.15) is 18.3 Å². The predicted octanol–water partition coefficient (Wildman–Crippen LogP) is 2.15. The van der Waals surface area contributed by atoms with Crippen molar-refractivity contribution in [2.75, 3.05) is 19.6 Å². The van der Waals surface area contributed by atoms with E-state index in [1.165, 1.54) is 5.56 Å². The van der Waals surface area contributed by atoms with Crippen molar-refractivity contribution in [3.05, 3.63) is 54.1 Å². The summed E-state index contributed by atoms with van der Waals surface area (Å²) in [7, 11) is 0. The molecule has 0 radical (unpaired) electrons.